The summed E-state index contributed by atoms with van der Waals surface area (Å²) in [6, 6.07) is 20.5. The number of amides is 4. The van der Waals surface area contributed by atoms with Gasteiger partial charge in [0.05, 0.1) is 13.2 Å². The molecule has 1 spiro atoms. The van der Waals surface area contributed by atoms with Gasteiger partial charge in [0.2, 0.25) is 5.91 Å². The first kappa shape index (κ1) is 25.1. The van der Waals surface area contributed by atoms with Crippen LogP contribution in [0, 0.1) is 0 Å². The summed E-state index contributed by atoms with van der Waals surface area (Å²) in [5, 5.41) is 19.3. The van der Waals surface area contributed by atoms with Gasteiger partial charge in [-0.05, 0) is 41.8 Å². The van der Waals surface area contributed by atoms with Crippen molar-refractivity contribution in [3.05, 3.63) is 78.4 Å². The van der Waals surface area contributed by atoms with E-state index in [1.807, 2.05) is 59.5 Å². The van der Waals surface area contributed by atoms with Gasteiger partial charge in [0.1, 0.15) is 11.6 Å². The molecular formula is C28H29N5O5. The fourth-order valence-corrected chi connectivity index (χ4v) is 5.27. The lowest BCUT2D eigenvalue weighted by atomic mass is 9.85. The van der Waals surface area contributed by atoms with Crippen LogP contribution in [-0.4, -0.2) is 71.7 Å². The quantitative estimate of drug-likeness (QED) is 0.398. The van der Waals surface area contributed by atoms with E-state index in [0.29, 0.717) is 43.5 Å². The van der Waals surface area contributed by atoms with Gasteiger partial charge in [0, 0.05) is 24.3 Å². The average molecular weight is 516 g/mol. The molecular weight excluding hydrogens is 486 g/mol. The molecule has 4 N–H and O–H groups in total. The van der Waals surface area contributed by atoms with Crippen molar-refractivity contribution in [3.63, 3.8) is 0 Å². The minimum absolute atomic E-state index is 0.0523. The highest BCUT2D eigenvalue weighted by Gasteiger charge is 2.50. The number of fused-ring (bicyclic) bond motifs is 1. The third-order valence-electron chi connectivity index (χ3n) is 7.38. The number of likely N-dealkylation sites (tertiary alicyclic amines) is 1. The number of anilines is 1. The van der Waals surface area contributed by atoms with Crippen LogP contribution in [-0.2, 0) is 9.59 Å². The van der Waals surface area contributed by atoms with Gasteiger partial charge in [-0.1, -0.05) is 54.6 Å². The number of carbonyl (C=O) groups excluding carboxylic acids is 3. The number of nitrogens with one attached hydrogen (secondary N) is 3. The van der Waals surface area contributed by atoms with Crippen molar-refractivity contribution in [2.45, 2.75) is 24.4 Å². The summed E-state index contributed by atoms with van der Waals surface area (Å²) in [7, 11) is 0. The van der Waals surface area contributed by atoms with Gasteiger partial charge in [0.25, 0.3) is 5.91 Å². The fraction of sp³-hybridized carbons (Fsp3) is 0.286. The van der Waals surface area contributed by atoms with E-state index < -0.39 is 29.5 Å². The second kappa shape index (κ2) is 10.4. The summed E-state index contributed by atoms with van der Waals surface area (Å²) in [5.74, 6) is -1.84. The molecule has 2 saturated heterocycles. The molecule has 3 aromatic carbocycles. The van der Waals surface area contributed by atoms with Crippen molar-refractivity contribution >= 4 is 40.3 Å². The molecule has 0 aromatic heterocycles. The van der Waals surface area contributed by atoms with Crippen LogP contribution < -0.4 is 20.9 Å². The van der Waals surface area contributed by atoms with Crippen LogP contribution in [0.25, 0.3) is 10.8 Å². The predicted molar refractivity (Wildman–Crippen MR) is 142 cm³/mol. The van der Waals surface area contributed by atoms with Crippen LogP contribution in [0.15, 0.2) is 72.8 Å². The molecule has 5 rings (SSSR count). The summed E-state index contributed by atoms with van der Waals surface area (Å²) < 4.78 is 0. The number of benzene rings is 3. The zero-order valence-electron chi connectivity index (χ0n) is 20.7. The van der Waals surface area contributed by atoms with E-state index in [4.69, 9.17) is 0 Å². The van der Waals surface area contributed by atoms with Crippen molar-refractivity contribution < 1.29 is 24.3 Å². The van der Waals surface area contributed by atoms with Crippen LogP contribution in [0.4, 0.5) is 10.5 Å². The number of aliphatic carboxylic acids is 1. The Morgan fingerprint density at radius 2 is 1.63 bits per heavy atom. The number of piperidine rings is 1. The molecule has 38 heavy (non-hydrogen) atoms. The third-order valence-corrected chi connectivity index (χ3v) is 7.38. The van der Waals surface area contributed by atoms with Crippen molar-refractivity contribution in [1.29, 1.82) is 0 Å². The lowest BCUT2D eigenvalue weighted by Gasteiger charge is -2.43. The van der Waals surface area contributed by atoms with Crippen LogP contribution in [0.1, 0.15) is 23.2 Å². The van der Waals surface area contributed by atoms with Crippen LogP contribution in [0.2, 0.25) is 0 Å². The lowest BCUT2D eigenvalue weighted by Crippen LogP contribution is -2.59. The minimum atomic E-state index is -1.31. The fourth-order valence-electron chi connectivity index (χ4n) is 5.27. The highest BCUT2D eigenvalue weighted by Crippen LogP contribution is 2.36. The number of carboxylic acids is 1. The Bertz CT molecular complexity index is 1370. The van der Waals surface area contributed by atoms with E-state index in [-0.39, 0.29) is 12.5 Å². The maximum Gasteiger partial charge on any atom is 0.328 e. The van der Waals surface area contributed by atoms with Crippen molar-refractivity contribution in [2.75, 3.05) is 31.2 Å². The van der Waals surface area contributed by atoms with Crippen LogP contribution >= 0.6 is 0 Å². The molecule has 2 fully saturated rings. The monoisotopic (exact) mass is 515 g/mol. The Morgan fingerprint density at radius 1 is 0.947 bits per heavy atom. The number of nitrogens with zero attached hydrogens (tertiary/aromatic N) is 2. The first-order valence-corrected chi connectivity index (χ1v) is 12.5. The second-order valence-corrected chi connectivity index (χ2v) is 9.52. The topological polar surface area (TPSA) is 131 Å². The molecule has 10 nitrogen and oxygen atoms in total. The molecule has 10 heteroatoms. The molecule has 196 valence electrons. The van der Waals surface area contributed by atoms with Crippen LogP contribution in [0.3, 0.4) is 0 Å². The Morgan fingerprint density at radius 3 is 2.37 bits per heavy atom. The molecule has 1 atom stereocenters. The third kappa shape index (κ3) is 4.72. The second-order valence-electron chi connectivity index (χ2n) is 9.52. The van der Waals surface area contributed by atoms with E-state index in [2.05, 4.69) is 16.0 Å². The number of hydrogen-bond donors (Lipinski definition) is 4. The molecule has 2 aliphatic rings. The number of urea groups is 1. The van der Waals surface area contributed by atoms with E-state index in [1.165, 1.54) is 0 Å². The highest BCUT2D eigenvalue weighted by molar-refractivity contribution is 6.08. The molecule has 0 saturated carbocycles. The van der Waals surface area contributed by atoms with E-state index in [9.17, 15) is 24.3 Å². The van der Waals surface area contributed by atoms with E-state index >= 15 is 0 Å². The number of rotatable bonds is 6. The molecule has 0 radical (unpaired) electrons. The smallest absolute Gasteiger partial charge is 0.328 e. The highest BCUT2D eigenvalue weighted by atomic mass is 16.4. The first-order valence-electron chi connectivity index (χ1n) is 12.5. The van der Waals surface area contributed by atoms with Crippen molar-refractivity contribution in [3.8, 4) is 0 Å². The number of hydrogen-bond acceptors (Lipinski definition) is 5. The normalized spacial score (nSPS) is 17.2. The Labute approximate surface area is 219 Å². The van der Waals surface area contributed by atoms with Gasteiger partial charge >= 0.3 is 12.0 Å². The summed E-state index contributed by atoms with van der Waals surface area (Å²) in [4.78, 5) is 54.1. The van der Waals surface area contributed by atoms with Crippen molar-refractivity contribution in [2.24, 2.45) is 0 Å². The molecule has 0 unspecified atom stereocenters. The van der Waals surface area contributed by atoms with Gasteiger partial charge < -0.3 is 30.9 Å². The Kier molecular flexibility index (Phi) is 6.87. The van der Waals surface area contributed by atoms with E-state index in [1.54, 1.807) is 23.1 Å². The largest absolute Gasteiger partial charge is 0.480 e. The molecule has 2 heterocycles. The van der Waals surface area contributed by atoms with Gasteiger partial charge in [-0.3, -0.25) is 9.59 Å². The summed E-state index contributed by atoms with van der Waals surface area (Å²) in [6.45, 7) is 0.806. The summed E-state index contributed by atoms with van der Waals surface area (Å²) >= 11 is 0. The van der Waals surface area contributed by atoms with Gasteiger partial charge in [-0.2, -0.15) is 0 Å². The predicted octanol–water partition coefficient (Wildman–Crippen LogP) is 2.16. The molecule has 3 aromatic rings. The molecule has 2 aliphatic heterocycles. The summed E-state index contributed by atoms with van der Waals surface area (Å²) in [6.07, 6.45) is 0.892. The van der Waals surface area contributed by atoms with Crippen molar-refractivity contribution in [1.82, 2.24) is 20.9 Å². The van der Waals surface area contributed by atoms with Gasteiger partial charge in [-0.15, -0.1) is 0 Å². The minimum Gasteiger partial charge on any atom is -0.480 e. The molecule has 4 amide bonds. The maximum absolute atomic E-state index is 12.9. The maximum atomic E-state index is 12.9. The number of carbonyl (C=O) groups is 4. The SMILES string of the molecule is O=C(N[C@@H](CNC(=O)N1CCC2(CC1)C(=O)NCN2c1ccccc1)C(=O)O)c1cccc2ccccc12. The standard InChI is InChI=1S/C28H29N5O5/c34-24(22-12-6-8-19-7-4-5-11-21(19)22)31-23(25(35)36)17-29-27(38)32-15-13-28(14-16-32)26(37)30-18-33(28)20-9-2-1-3-10-20/h1-12,23H,13-18H2,(H,29,38)(H,30,37)(H,31,34)(H,35,36)/t23-/m0/s1. The average Bonchev–Trinajstić information content (AvgIpc) is 3.25. The number of carboxylic acid groups (broad SMARTS) is 1. The Balaban J connectivity index is 1.19. The van der Waals surface area contributed by atoms with Crippen LogP contribution in [0.5, 0.6) is 0 Å². The molecule has 0 aliphatic carbocycles. The van der Waals surface area contributed by atoms with Gasteiger partial charge in [0.15, 0.2) is 0 Å². The zero-order valence-corrected chi connectivity index (χ0v) is 20.7. The first-order chi connectivity index (χ1) is 18.4. The number of para-hydroxylation sites is 1. The lowest BCUT2D eigenvalue weighted by molar-refractivity contribution is -0.139. The zero-order chi connectivity index (χ0) is 26.7. The van der Waals surface area contributed by atoms with Gasteiger partial charge in [-0.25, -0.2) is 9.59 Å². The van der Waals surface area contributed by atoms with E-state index in [0.717, 1.165) is 11.1 Å². The molecule has 0 bridgehead atoms. The Hall–Kier alpha value is -4.60. The summed E-state index contributed by atoms with van der Waals surface area (Å²) in [5.41, 5.74) is 0.573.